The molecule has 1 saturated heterocycles. The molecule has 0 saturated carbocycles. The molecule has 1 aliphatic heterocycles. The van der Waals surface area contributed by atoms with Crippen LogP contribution in [0.15, 0.2) is 42.5 Å². The molecule has 0 bridgehead atoms. The zero-order valence-corrected chi connectivity index (χ0v) is 17.4. The second kappa shape index (κ2) is 10.2. The molecule has 1 heterocycles. The van der Waals surface area contributed by atoms with E-state index in [1.165, 1.54) is 12.8 Å². The fourth-order valence-corrected chi connectivity index (χ4v) is 3.81. The van der Waals surface area contributed by atoms with Crippen LogP contribution in [0.2, 0.25) is 0 Å². The molecule has 6 nitrogen and oxygen atoms in total. The molecule has 0 radical (unpaired) electrons. The van der Waals surface area contributed by atoms with E-state index < -0.39 is 0 Å². The van der Waals surface area contributed by atoms with Crippen LogP contribution >= 0.6 is 0 Å². The van der Waals surface area contributed by atoms with E-state index in [1.54, 1.807) is 32.4 Å². The number of benzene rings is 2. The van der Waals surface area contributed by atoms with Gasteiger partial charge in [0.15, 0.2) is 11.5 Å². The van der Waals surface area contributed by atoms with Crippen LogP contribution in [-0.4, -0.2) is 51.3 Å². The van der Waals surface area contributed by atoms with Crippen molar-refractivity contribution in [1.29, 1.82) is 0 Å². The Morgan fingerprint density at radius 2 is 1.76 bits per heavy atom. The number of methoxy groups -OCH3 is 2. The van der Waals surface area contributed by atoms with Crippen molar-refractivity contribution in [1.82, 2.24) is 10.2 Å². The van der Waals surface area contributed by atoms with Gasteiger partial charge in [-0.05, 0) is 57.1 Å². The van der Waals surface area contributed by atoms with Gasteiger partial charge in [0.1, 0.15) is 5.75 Å². The summed E-state index contributed by atoms with van der Waals surface area (Å²) in [5.74, 6) is 1.91. The minimum absolute atomic E-state index is 0.0715. The summed E-state index contributed by atoms with van der Waals surface area (Å²) in [6.07, 6.45) is 2.35. The Morgan fingerprint density at radius 1 is 1.03 bits per heavy atom. The first-order chi connectivity index (χ1) is 14.2. The number of hydrogen-bond donors (Lipinski definition) is 1. The molecule has 156 valence electrons. The summed E-state index contributed by atoms with van der Waals surface area (Å²) in [4.78, 5) is 15.3. The van der Waals surface area contributed by atoms with Crippen LogP contribution in [-0.2, 0) is 0 Å². The lowest BCUT2D eigenvalue weighted by Gasteiger charge is -2.29. The van der Waals surface area contributed by atoms with Crippen molar-refractivity contribution in [2.45, 2.75) is 25.8 Å². The van der Waals surface area contributed by atoms with Crippen LogP contribution in [0, 0.1) is 0 Å². The molecule has 29 heavy (non-hydrogen) atoms. The molecule has 3 rings (SSSR count). The highest BCUT2D eigenvalue weighted by atomic mass is 16.5. The number of carbonyl (C=O) groups is 1. The van der Waals surface area contributed by atoms with E-state index in [0.29, 0.717) is 30.2 Å². The maximum Gasteiger partial charge on any atom is 0.251 e. The first-order valence-corrected chi connectivity index (χ1v) is 10.1. The zero-order chi connectivity index (χ0) is 20.6. The van der Waals surface area contributed by atoms with Gasteiger partial charge in [-0.3, -0.25) is 9.69 Å². The van der Waals surface area contributed by atoms with Crippen molar-refractivity contribution in [3.63, 3.8) is 0 Å². The molecular weight excluding hydrogens is 368 g/mol. The van der Waals surface area contributed by atoms with Crippen molar-refractivity contribution in [3.8, 4) is 17.2 Å². The first-order valence-electron chi connectivity index (χ1n) is 10.1. The van der Waals surface area contributed by atoms with E-state index >= 15 is 0 Å². The summed E-state index contributed by atoms with van der Waals surface area (Å²) in [7, 11) is 3.27. The minimum atomic E-state index is -0.132. The summed E-state index contributed by atoms with van der Waals surface area (Å²) in [6, 6.07) is 13.3. The van der Waals surface area contributed by atoms with Crippen LogP contribution < -0.4 is 19.5 Å². The number of likely N-dealkylation sites (tertiary alicyclic amines) is 1. The number of amides is 1. The minimum Gasteiger partial charge on any atom is -0.496 e. The van der Waals surface area contributed by atoms with Gasteiger partial charge in [-0.2, -0.15) is 0 Å². The lowest BCUT2D eigenvalue weighted by molar-refractivity contribution is 0.0937. The summed E-state index contributed by atoms with van der Waals surface area (Å²) >= 11 is 0. The molecular formula is C23H30N2O4. The molecule has 1 amide bonds. The average molecular weight is 399 g/mol. The quantitative estimate of drug-likeness (QED) is 0.698. The average Bonchev–Trinajstić information content (AvgIpc) is 3.29. The number of nitrogens with one attached hydrogen (secondary N) is 1. The highest BCUT2D eigenvalue weighted by molar-refractivity contribution is 5.94. The van der Waals surface area contributed by atoms with Crippen LogP contribution in [0.25, 0.3) is 0 Å². The van der Waals surface area contributed by atoms with Gasteiger partial charge in [0, 0.05) is 17.7 Å². The standard InChI is InChI=1S/C23H30N2O4/c1-4-29-22-15-17(11-12-21(22)28-3)23(26)24-16-19(25-13-7-8-14-25)18-9-5-6-10-20(18)27-2/h5-6,9-12,15,19H,4,7-8,13-14,16H2,1-3H3,(H,24,26). The molecule has 0 aromatic heterocycles. The fourth-order valence-electron chi connectivity index (χ4n) is 3.81. The number of nitrogens with zero attached hydrogens (tertiary/aromatic N) is 1. The Morgan fingerprint density at radius 3 is 2.45 bits per heavy atom. The summed E-state index contributed by atoms with van der Waals surface area (Å²) < 4.78 is 16.5. The third kappa shape index (κ3) is 5.01. The molecule has 6 heteroatoms. The first kappa shape index (κ1) is 21.0. The molecule has 0 aliphatic carbocycles. The lowest BCUT2D eigenvalue weighted by Crippen LogP contribution is -2.37. The van der Waals surface area contributed by atoms with E-state index in [2.05, 4.69) is 16.3 Å². The zero-order valence-electron chi connectivity index (χ0n) is 17.4. The number of ether oxygens (including phenoxy) is 3. The van der Waals surface area contributed by atoms with Crippen molar-refractivity contribution >= 4 is 5.91 Å². The Balaban J connectivity index is 1.77. The predicted octanol–water partition coefficient (Wildman–Crippen LogP) is 3.67. The maximum absolute atomic E-state index is 12.8. The lowest BCUT2D eigenvalue weighted by atomic mass is 10.0. The van der Waals surface area contributed by atoms with Gasteiger partial charge in [0.25, 0.3) is 5.91 Å². The van der Waals surface area contributed by atoms with E-state index in [-0.39, 0.29) is 11.9 Å². The Hall–Kier alpha value is -2.73. The number of para-hydroxylation sites is 1. The van der Waals surface area contributed by atoms with Crippen LogP contribution in [0.4, 0.5) is 0 Å². The fraction of sp³-hybridized carbons (Fsp3) is 0.435. The van der Waals surface area contributed by atoms with Gasteiger partial charge in [0.05, 0.1) is 26.9 Å². The molecule has 1 fully saturated rings. The number of rotatable bonds is 9. The largest absolute Gasteiger partial charge is 0.496 e. The number of carbonyl (C=O) groups excluding carboxylic acids is 1. The van der Waals surface area contributed by atoms with E-state index in [9.17, 15) is 4.79 Å². The van der Waals surface area contributed by atoms with Gasteiger partial charge in [-0.1, -0.05) is 18.2 Å². The molecule has 1 unspecified atom stereocenters. The highest BCUT2D eigenvalue weighted by Crippen LogP contribution is 2.32. The molecule has 1 atom stereocenters. The number of hydrogen-bond acceptors (Lipinski definition) is 5. The van der Waals surface area contributed by atoms with Gasteiger partial charge < -0.3 is 19.5 Å². The molecule has 0 spiro atoms. The topological polar surface area (TPSA) is 60.0 Å². The molecule has 1 aliphatic rings. The van der Waals surface area contributed by atoms with E-state index in [4.69, 9.17) is 14.2 Å². The van der Waals surface area contributed by atoms with Crippen LogP contribution in [0.5, 0.6) is 17.2 Å². The summed E-state index contributed by atoms with van der Waals surface area (Å²) in [5.41, 5.74) is 1.65. The van der Waals surface area contributed by atoms with Gasteiger partial charge in [-0.15, -0.1) is 0 Å². The second-order valence-corrected chi connectivity index (χ2v) is 7.01. The van der Waals surface area contributed by atoms with Crippen molar-refractivity contribution < 1.29 is 19.0 Å². The Kier molecular flexibility index (Phi) is 7.36. The van der Waals surface area contributed by atoms with E-state index in [1.807, 2.05) is 25.1 Å². The summed E-state index contributed by atoms with van der Waals surface area (Å²) in [5, 5.41) is 3.10. The maximum atomic E-state index is 12.8. The summed E-state index contributed by atoms with van der Waals surface area (Å²) in [6.45, 7) is 4.97. The molecule has 2 aromatic carbocycles. The van der Waals surface area contributed by atoms with Gasteiger partial charge in [0.2, 0.25) is 0 Å². The van der Waals surface area contributed by atoms with Gasteiger partial charge >= 0.3 is 0 Å². The van der Waals surface area contributed by atoms with Crippen molar-refractivity contribution in [2.24, 2.45) is 0 Å². The van der Waals surface area contributed by atoms with Gasteiger partial charge in [-0.25, -0.2) is 0 Å². The van der Waals surface area contributed by atoms with Crippen LogP contribution in [0.3, 0.4) is 0 Å². The molecule has 2 aromatic rings. The smallest absolute Gasteiger partial charge is 0.251 e. The second-order valence-electron chi connectivity index (χ2n) is 7.01. The molecule has 1 N–H and O–H groups in total. The normalized spacial score (nSPS) is 15.0. The predicted molar refractivity (Wildman–Crippen MR) is 113 cm³/mol. The van der Waals surface area contributed by atoms with Crippen molar-refractivity contribution in [3.05, 3.63) is 53.6 Å². The third-order valence-electron chi connectivity index (χ3n) is 5.26. The van der Waals surface area contributed by atoms with E-state index in [0.717, 1.165) is 24.4 Å². The third-order valence-corrected chi connectivity index (χ3v) is 5.26. The highest BCUT2D eigenvalue weighted by Gasteiger charge is 2.26. The Labute approximate surface area is 172 Å². The van der Waals surface area contributed by atoms with Crippen molar-refractivity contribution in [2.75, 3.05) is 40.5 Å². The Bertz CT molecular complexity index is 818. The SMILES string of the molecule is CCOc1cc(C(=O)NCC(c2ccccc2OC)N2CCCC2)ccc1OC. The van der Waals surface area contributed by atoms with Crippen LogP contribution in [0.1, 0.15) is 41.7 Å². The monoisotopic (exact) mass is 398 g/mol.